The molecule has 0 saturated heterocycles. The summed E-state index contributed by atoms with van der Waals surface area (Å²) in [4.78, 5) is 0. The van der Waals surface area contributed by atoms with E-state index in [0.717, 1.165) is 11.1 Å². The zero-order valence-electron chi connectivity index (χ0n) is 17.6. The Morgan fingerprint density at radius 1 is 0.593 bits per heavy atom. The number of unbranched alkanes of at least 4 members (excludes halogenated alkanes) is 3. The van der Waals surface area contributed by atoms with Gasteiger partial charge in [-0.1, -0.05) is 0 Å². The molecule has 0 spiro atoms. The van der Waals surface area contributed by atoms with Crippen molar-refractivity contribution in [2.24, 2.45) is 0 Å². The van der Waals surface area contributed by atoms with Gasteiger partial charge in [-0.25, -0.2) is 0 Å². The van der Waals surface area contributed by atoms with Crippen molar-refractivity contribution in [1.29, 1.82) is 0 Å². The van der Waals surface area contributed by atoms with Gasteiger partial charge >= 0.3 is 172 Å². The maximum atomic E-state index is 3.34. The standard InChI is InChI=1S/C14H9.3C4H9.Sn/c1-3-7-13(8-4-1)11-12-14-9-5-2-6-10-14;3*1-3-4-2;/h1,3-10H;3*1,3-4H2,2H3;. The monoisotopic (exact) mass is 468 g/mol. The van der Waals surface area contributed by atoms with Gasteiger partial charge in [0.05, 0.1) is 0 Å². The van der Waals surface area contributed by atoms with Crippen LogP contribution in [-0.4, -0.2) is 18.4 Å². The van der Waals surface area contributed by atoms with E-state index in [9.17, 15) is 0 Å². The van der Waals surface area contributed by atoms with Crippen molar-refractivity contribution in [2.45, 2.75) is 72.6 Å². The molecule has 0 aliphatic carbocycles. The third-order valence-electron chi connectivity index (χ3n) is 5.65. The van der Waals surface area contributed by atoms with Crippen LogP contribution in [-0.2, 0) is 0 Å². The van der Waals surface area contributed by atoms with Crippen LogP contribution in [0.1, 0.15) is 70.4 Å². The first-order valence-electron chi connectivity index (χ1n) is 10.9. The molecule has 2 aromatic rings. The molecule has 2 rings (SSSR count). The van der Waals surface area contributed by atoms with Gasteiger partial charge < -0.3 is 0 Å². The topological polar surface area (TPSA) is 0 Å². The minimum atomic E-state index is -2.29. The molecule has 0 saturated carbocycles. The number of hydrogen-bond donors (Lipinski definition) is 0. The molecule has 0 unspecified atom stereocenters. The Labute approximate surface area is 171 Å². The van der Waals surface area contributed by atoms with E-state index in [0.29, 0.717) is 0 Å². The fraction of sp³-hybridized carbons (Fsp3) is 0.462. The zero-order chi connectivity index (χ0) is 19.4. The fourth-order valence-corrected chi connectivity index (χ4v) is 19.9. The van der Waals surface area contributed by atoms with Crippen molar-refractivity contribution >= 4 is 22.0 Å². The average molecular weight is 467 g/mol. The zero-order valence-corrected chi connectivity index (χ0v) is 20.4. The van der Waals surface area contributed by atoms with Crippen LogP contribution >= 0.6 is 0 Å². The van der Waals surface area contributed by atoms with Crippen LogP contribution in [0, 0.1) is 11.8 Å². The molecule has 0 N–H and O–H groups in total. The van der Waals surface area contributed by atoms with Crippen molar-refractivity contribution in [3.05, 3.63) is 65.7 Å². The van der Waals surface area contributed by atoms with Crippen LogP contribution in [0.15, 0.2) is 54.6 Å². The Morgan fingerprint density at radius 3 is 1.48 bits per heavy atom. The van der Waals surface area contributed by atoms with Gasteiger partial charge in [0.1, 0.15) is 0 Å². The number of rotatable bonds is 10. The van der Waals surface area contributed by atoms with E-state index >= 15 is 0 Å². The molecule has 0 nitrogen and oxygen atoms in total. The summed E-state index contributed by atoms with van der Waals surface area (Å²) >= 11 is -2.29. The van der Waals surface area contributed by atoms with Crippen molar-refractivity contribution in [1.82, 2.24) is 0 Å². The molecule has 0 radical (unpaired) electrons. The first-order valence-corrected chi connectivity index (χ1v) is 18.4. The molecule has 0 bridgehead atoms. The predicted octanol–water partition coefficient (Wildman–Crippen LogP) is 7.14. The van der Waals surface area contributed by atoms with Gasteiger partial charge in [0.2, 0.25) is 0 Å². The third kappa shape index (κ3) is 7.04. The Bertz CT molecular complexity index is 682. The molecule has 0 amide bonds. The van der Waals surface area contributed by atoms with E-state index in [1.807, 2.05) is 18.2 Å². The molecule has 27 heavy (non-hydrogen) atoms. The average Bonchev–Trinajstić information content (AvgIpc) is 2.73. The summed E-state index contributed by atoms with van der Waals surface area (Å²) in [5.41, 5.74) is 2.23. The van der Waals surface area contributed by atoms with Crippen LogP contribution < -0.4 is 3.58 Å². The second-order valence-electron chi connectivity index (χ2n) is 7.78. The molecular formula is C26H36Sn. The molecule has 0 aliphatic heterocycles. The van der Waals surface area contributed by atoms with Gasteiger partial charge in [-0.3, -0.25) is 0 Å². The van der Waals surface area contributed by atoms with Gasteiger partial charge in [-0.05, 0) is 0 Å². The summed E-state index contributed by atoms with van der Waals surface area (Å²) in [5.74, 6) is 6.63. The molecule has 2 aromatic carbocycles. The quantitative estimate of drug-likeness (QED) is 0.257. The number of benzene rings is 2. The van der Waals surface area contributed by atoms with Crippen molar-refractivity contribution in [3.63, 3.8) is 0 Å². The summed E-state index contributed by atoms with van der Waals surface area (Å²) in [6.07, 6.45) is 8.24. The second-order valence-corrected chi connectivity index (χ2v) is 21.0. The van der Waals surface area contributed by atoms with Crippen LogP contribution in [0.25, 0.3) is 0 Å². The Morgan fingerprint density at radius 2 is 1.04 bits per heavy atom. The van der Waals surface area contributed by atoms with Crippen LogP contribution in [0.4, 0.5) is 0 Å². The molecular weight excluding hydrogens is 431 g/mol. The molecule has 0 atom stereocenters. The molecule has 0 fully saturated rings. The molecule has 0 aliphatic rings. The van der Waals surface area contributed by atoms with E-state index in [2.05, 4.69) is 69.0 Å². The van der Waals surface area contributed by atoms with Gasteiger partial charge in [-0.2, -0.15) is 0 Å². The summed E-state index contributed by atoms with van der Waals surface area (Å²) < 4.78 is 6.32. The van der Waals surface area contributed by atoms with Gasteiger partial charge in [0.25, 0.3) is 0 Å². The SMILES string of the molecule is CCC[CH2][Sn]([CH2]CCC)([CH2]CCC)[c]1ccc(C#Cc2ccccc2)cc1. The van der Waals surface area contributed by atoms with Gasteiger partial charge in [0.15, 0.2) is 0 Å². The second kappa shape index (κ2) is 12.3. The first kappa shape index (κ1) is 22.1. The van der Waals surface area contributed by atoms with Crippen LogP contribution in [0.5, 0.6) is 0 Å². The van der Waals surface area contributed by atoms with Gasteiger partial charge in [0, 0.05) is 0 Å². The Hall–Kier alpha value is -1.20. The van der Waals surface area contributed by atoms with Crippen LogP contribution in [0.2, 0.25) is 13.3 Å². The third-order valence-corrected chi connectivity index (χ3v) is 21.3. The van der Waals surface area contributed by atoms with E-state index < -0.39 is 18.4 Å². The van der Waals surface area contributed by atoms with Crippen molar-refractivity contribution in [3.8, 4) is 11.8 Å². The Balaban J connectivity index is 2.24. The maximum absolute atomic E-state index is 3.34. The summed E-state index contributed by atoms with van der Waals surface area (Å²) in [5, 5.41) is 0. The first-order chi connectivity index (χ1) is 13.2. The van der Waals surface area contributed by atoms with E-state index in [1.165, 1.54) is 51.8 Å². The van der Waals surface area contributed by atoms with Crippen LogP contribution in [0.3, 0.4) is 0 Å². The minimum absolute atomic E-state index is 1.09. The fourth-order valence-electron chi connectivity index (χ4n) is 3.93. The number of hydrogen-bond acceptors (Lipinski definition) is 0. The van der Waals surface area contributed by atoms with E-state index in [-0.39, 0.29) is 0 Å². The predicted molar refractivity (Wildman–Crippen MR) is 123 cm³/mol. The molecule has 0 aromatic heterocycles. The normalized spacial score (nSPS) is 11.1. The van der Waals surface area contributed by atoms with Crippen molar-refractivity contribution < 1.29 is 0 Å². The molecule has 1 heteroatoms. The van der Waals surface area contributed by atoms with Crippen molar-refractivity contribution in [2.75, 3.05) is 0 Å². The summed E-state index contributed by atoms with van der Waals surface area (Å²) in [6.45, 7) is 7.04. The summed E-state index contributed by atoms with van der Waals surface area (Å²) in [7, 11) is 0. The molecule has 144 valence electrons. The van der Waals surface area contributed by atoms with Gasteiger partial charge in [-0.15, -0.1) is 0 Å². The van der Waals surface area contributed by atoms with E-state index in [4.69, 9.17) is 0 Å². The van der Waals surface area contributed by atoms with E-state index in [1.54, 1.807) is 3.58 Å². The Kier molecular flexibility index (Phi) is 10.1. The molecule has 0 heterocycles. The summed E-state index contributed by atoms with van der Waals surface area (Å²) in [6, 6.07) is 19.7.